The Morgan fingerprint density at radius 1 is 0.343 bits per heavy atom. The summed E-state index contributed by atoms with van der Waals surface area (Å²) in [5.41, 5.74) is 0. The molecule has 35 heavy (non-hydrogen) atoms. The van der Waals surface area contributed by atoms with Crippen molar-refractivity contribution >= 4 is 24.7 Å². The smallest absolute Gasteiger partial charge is 0.377 e. The van der Waals surface area contributed by atoms with Crippen LogP contribution in [0.2, 0.25) is 6.04 Å². The second kappa shape index (κ2) is 29.1. The van der Waals surface area contributed by atoms with Gasteiger partial charge in [-0.25, -0.2) is 0 Å². The molecular weight excluding hydrogens is 516 g/mol. The van der Waals surface area contributed by atoms with Gasteiger partial charge in [0.05, 0.1) is 0 Å². The normalized spacial score (nSPS) is 12.0. The molecule has 3 nitrogen and oxygen atoms in total. The highest BCUT2D eigenvalue weighted by atomic mass is 79.9. The highest BCUT2D eigenvalue weighted by molar-refractivity contribution is 9.09. The van der Waals surface area contributed by atoms with Crippen LogP contribution in [0.25, 0.3) is 0 Å². The summed E-state index contributed by atoms with van der Waals surface area (Å²) >= 11 is 3.51. The van der Waals surface area contributed by atoms with E-state index in [9.17, 15) is 0 Å². The molecule has 0 aliphatic heterocycles. The molecule has 0 saturated carbocycles. The van der Waals surface area contributed by atoms with Gasteiger partial charge in [0.2, 0.25) is 0 Å². The summed E-state index contributed by atoms with van der Waals surface area (Å²) in [7, 11) is 2.78. The molecule has 0 aromatic rings. The van der Waals surface area contributed by atoms with Crippen molar-refractivity contribution in [3.8, 4) is 0 Å². The fourth-order valence-corrected chi connectivity index (χ4v) is 7.25. The molecule has 0 amide bonds. The molecule has 0 aromatic heterocycles. The third kappa shape index (κ3) is 24.7. The van der Waals surface area contributed by atoms with Gasteiger partial charge in [-0.1, -0.05) is 164 Å². The standard InChI is InChI=1S/C30H63BrO3Si/c1-32-35(33-2,34-3)30-28-26-24-22-20-18-16-14-12-10-8-6-4-5-7-9-11-13-15-17-19-21-23-25-27-29-31/h4-30H2,1-3H3. The Kier molecular flexibility index (Phi) is 29.6. The first kappa shape index (κ1) is 35.6. The van der Waals surface area contributed by atoms with Crippen molar-refractivity contribution in [2.75, 3.05) is 26.7 Å². The zero-order valence-corrected chi connectivity index (χ0v) is 26.8. The summed E-state index contributed by atoms with van der Waals surface area (Å²) in [6, 6.07) is 0.939. The predicted octanol–water partition coefficient (Wildman–Crippen LogP) is 11.0. The largest absolute Gasteiger partial charge is 0.500 e. The lowest BCUT2D eigenvalue weighted by Gasteiger charge is -2.24. The van der Waals surface area contributed by atoms with E-state index in [1.165, 1.54) is 159 Å². The van der Waals surface area contributed by atoms with Crippen molar-refractivity contribution in [2.45, 2.75) is 167 Å². The summed E-state index contributed by atoms with van der Waals surface area (Å²) in [5.74, 6) is 0. The lowest BCUT2D eigenvalue weighted by atomic mass is 10.0. The van der Waals surface area contributed by atoms with Crippen molar-refractivity contribution in [1.82, 2.24) is 0 Å². The van der Waals surface area contributed by atoms with Crippen LogP contribution in [0.4, 0.5) is 0 Å². The van der Waals surface area contributed by atoms with E-state index in [0.29, 0.717) is 0 Å². The zero-order valence-electron chi connectivity index (χ0n) is 24.2. The molecule has 0 saturated heterocycles. The van der Waals surface area contributed by atoms with Gasteiger partial charge >= 0.3 is 8.80 Å². The van der Waals surface area contributed by atoms with Crippen LogP contribution in [-0.2, 0) is 13.3 Å². The number of unbranched alkanes of at least 4 members (excludes halogenated alkanes) is 24. The summed E-state index contributed by atoms with van der Waals surface area (Å²) in [4.78, 5) is 0. The molecule has 0 aliphatic carbocycles. The summed E-state index contributed by atoms with van der Waals surface area (Å²) < 4.78 is 16.5. The van der Waals surface area contributed by atoms with Crippen LogP contribution in [0.15, 0.2) is 0 Å². The molecule has 0 bridgehead atoms. The van der Waals surface area contributed by atoms with E-state index < -0.39 is 8.80 Å². The first-order valence-corrected chi connectivity index (χ1v) is 18.5. The summed E-state index contributed by atoms with van der Waals surface area (Å²) in [6.45, 7) is 0. The molecular formula is C30H63BrO3Si. The third-order valence-electron chi connectivity index (χ3n) is 7.55. The minimum Gasteiger partial charge on any atom is -0.377 e. The van der Waals surface area contributed by atoms with Crippen LogP contribution in [0.5, 0.6) is 0 Å². The van der Waals surface area contributed by atoms with Crippen molar-refractivity contribution in [3.05, 3.63) is 0 Å². The van der Waals surface area contributed by atoms with Crippen LogP contribution >= 0.6 is 15.9 Å². The Morgan fingerprint density at radius 2 is 0.543 bits per heavy atom. The quantitative estimate of drug-likeness (QED) is 0.0481. The Labute approximate surface area is 230 Å². The van der Waals surface area contributed by atoms with E-state index >= 15 is 0 Å². The van der Waals surface area contributed by atoms with Gasteiger partial charge in [0.15, 0.2) is 0 Å². The molecule has 0 fully saturated rings. The van der Waals surface area contributed by atoms with E-state index in [-0.39, 0.29) is 0 Å². The van der Waals surface area contributed by atoms with Gasteiger partial charge in [0.1, 0.15) is 0 Å². The molecule has 212 valence electrons. The van der Waals surface area contributed by atoms with Crippen molar-refractivity contribution in [1.29, 1.82) is 0 Å². The number of hydrogen-bond donors (Lipinski definition) is 0. The number of hydrogen-bond acceptors (Lipinski definition) is 3. The molecule has 0 N–H and O–H groups in total. The summed E-state index contributed by atoms with van der Waals surface area (Å²) in [6.07, 6.45) is 35.6. The molecule has 0 aromatic carbocycles. The summed E-state index contributed by atoms with van der Waals surface area (Å²) in [5, 5.41) is 1.18. The van der Waals surface area contributed by atoms with Crippen molar-refractivity contribution < 1.29 is 13.3 Å². The molecule has 0 aliphatic rings. The predicted molar refractivity (Wildman–Crippen MR) is 161 cm³/mol. The topological polar surface area (TPSA) is 27.7 Å². The minimum atomic E-state index is -2.34. The molecule has 0 rings (SSSR count). The van der Waals surface area contributed by atoms with Gasteiger partial charge in [-0.3, -0.25) is 0 Å². The second-order valence-electron chi connectivity index (χ2n) is 10.6. The van der Waals surface area contributed by atoms with Crippen molar-refractivity contribution in [3.63, 3.8) is 0 Å². The van der Waals surface area contributed by atoms with Crippen LogP contribution in [0.3, 0.4) is 0 Å². The average Bonchev–Trinajstić information content (AvgIpc) is 2.89. The van der Waals surface area contributed by atoms with Crippen LogP contribution in [-0.4, -0.2) is 35.5 Å². The monoisotopic (exact) mass is 578 g/mol. The highest BCUT2D eigenvalue weighted by Gasteiger charge is 2.36. The van der Waals surface area contributed by atoms with Gasteiger partial charge in [-0.2, -0.15) is 0 Å². The van der Waals surface area contributed by atoms with Gasteiger partial charge in [-0.15, -0.1) is 0 Å². The average molecular weight is 580 g/mol. The molecule has 0 unspecified atom stereocenters. The lowest BCUT2D eigenvalue weighted by molar-refractivity contribution is 0.122. The van der Waals surface area contributed by atoms with Gasteiger partial charge in [0.25, 0.3) is 0 Å². The SMILES string of the molecule is CO[Si](CCCCCCCCCCCCCCCCCCCCCCCCCCCBr)(OC)OC. The van der Waals surface area contributed by atoms with Crippen LogP contribution in [0, 0.1) is 0 Å². The Hall–Kier alpha value is 0.577. The van der Waals surface area contributed by atoms with E-state index in [1.54, 1.807) is 21.3 Å². The Balaban J connectivity index is 3.14. The number of halogens is 1. The molecule has 5 heteroatoms. The maximum Gasteiger partial charge on any atom is 0.500 e. The first-order valence-electron chi connectivity index (χ1n) is 15.5. The Morgan fingerprint density at radius 3 is 0.743 bits per heavy atom. The van der Waals surface area contributed by atoms with Gasteiger partial charge in [0, 0.05) is 32.7 Å². The van der Waals surface area contributed by atoms with Crippen LogP contribution in [0.1, 0.15) is 161 Å². The third-order valence-corrected chi connectivity index (χ3v) is 10.9. The number of rotatable bonds is 30. The molecule has 0 radical (unpaired) electrons. The van der Waals surface area contributed by atoms with E-state index in [0.717, 1.165) is 12.5 Å². The fraction of sp³-hybridized carbons (Fsp3) is 1.00. The van der Waals surface area contributed by atoms with Gasteiger partial charge in [-0.05, 0) is 12.8 Å². The maximum absolute atomic E-state index is 5.49. The molecule has 0 heterocycles. The fourth-order valence-electron chi connectivity index (χ4n) is 5.06. The number of alkyl halides is 1. The van der Waals surface area contributed by atoms with Gasteiger partial charge < -0.3 is 13.3 Å². The molecule has 0 atom stereocenters. The van der Waals surface area contributed by atoms with E-state index in [2.05, 4.69) is 15.9 Å². The van der Waals surface area contributed by atoms with Crippen LogP contribution < -0.4 is 0 Å². The minimum absolute atomic E-state index is 0.939. The highest BCUT2D eigenvalue weighted by Crippen LogP contribution is 2.19. The lowest BCUT2D eigenvalue weighted by Crippen LogP contribution is -2.42. The maximum atomic E-state index is 5.49. The van der Waals surface area contributed by atoms with E-state index in [1.807, 2.05) is 0 Å². The molecule has 0 spiro atoms. The Bertz CT molecular complexity index is 386. The first-order chi connectivity index (χ1) is 17.2. The van der Waals surface area contributed by atoms with Crippen molar-refractivity contribution in [2.24, 2.45) is 0 Å². The second-order valence-corrected chi connectivity index (χ2v) is 14.5. The zero-order chi connectivity index (χ0) is 25.7. The van der Waals surface area contributed by atoms with E-state index in [4.69, 9.17) is 13.3 Å².